The van der Waals surface area contributed by atoms with Crippen molar-refractivity contribution in [3.8, 4) is 11.3 Å². The molecule has 5 rings (SSSR count). The number of benzene rings is 1. The molecule has 4 heterocycles. The number of rotatable bonds is 13. The van der Waals surface area contributed by atoms with Gasteiger partial charge in [0.15, 0.2) is 12.6 Å². The molecule has 17 atom stereocenters. The number of nitrogens with zero attached hydrogens (tertiary/aromatic N) is 5. The maximum atomic E-state index is 14.8. The second-order valence-corrected chi connectivity index (χ2v) is 20.4. The number of likely N-dealkylation sites (N-methyl/N-ethyl adjacent to an activating group) is 2. The van der Waals surface area contributed by atoms with E-state index in [1.807, 2.05) is 73.8 Å². The smallest absolute Gasteiger partial charge is 0.311 e. The van der Waals surface area contributed by atoms with E-state index in [9.17, 15) is 20.1 Å². The zero-order valence-corrected chi connectivity index (χ0v) is 41.8. The van der Waals surface area contributed by atoms with Crippen molar-refractivity contribution in [2.24, 2.45) is 23.7 Å². The summed E-state index contributed by atoms with van der Waals surface area (Å²) in [6.45, 7) is 18.5. The molecule has 0 radical (unpaired) electrons. The van der Waals surface area contributed by atoms with E-state index >= 15 is 0 Å². The van der Waals surface area contributed by atoms with E-state index < -0.39 is 84.3 Å². The van der Waals surface area contributed by atoms with Gasteiger partial charge in [0.1, 0.15) is 24.0 Å². The number of hydrogen-bond acceptors (Lipinski definition) is 15. The molecule has 16 nitrogen and oxygen atoms in total. The van der Waals surface area contributed by atoms with Crippen molar-refractivity contribution in [1.82, 2.24) is 24.8 Å². The number of methoxy groups -OCH3 is 2. The minimum Gasteiger partial charge on any atom is -0.459 e. The molecule has 2 aromatic rings. The van der Waals surface area contributed by atoms with Crippen molar-refractivity contribution < 1.29 is 53.3 Å². The van der Waals surface area contributed by atoms with E-state index in [2.05, 4.69) is 46.4 Å². The molecule has 0 saturated carbocycles. The lowest BCUT2D eigenvalue weighted by molar-refractivity contribution is -0.319. The van der Waals surface area contributed by atoms with Crippen LogP contribution in [0.15, 0.2) is 30.5 Å². The zero-order chi connectivity index (χ0) is 48.0. The molecule has 0 amide bonds. The molecule has 0 aliphatic carbocycles. The predicted octanol–water partition coefficient (Wildman–Crippen LogP) is 4.94. The van der Waals surface area contributed by atoms with Crippen LogP contribution in [0.25, 0.3) is 11.3 Å². The number of carbonyl (C=O) groups excluding carboxylic acids is 1. The summed E-state index contributed by atoms with van der Waals surface area (Å²) in [7, 11) is 8.97. The minimum absolute atomic E-state index is 0.171. The van der Waals surface area contributed by atoms with Gasteiger partial charge in [0.2, 0.25) is 0 Å². The Morgan fingerprint density at radius 3 is 2.20 bits per heavy atom. The van der Waals surface area contributed by atoms with Gasteiger partial charge >= 0.3 is 5.97 Å². The van der Waals surface area contributed by atoms with Crippen LogP contribution >= 0.6 is 0 Å². The van der Waals surface area contributed by atoms with Gasteiger partial charge in [-0.2, -0.15) is 0 Å². The lowest BCUT2D eigenvalue weighted by Gasteiger charge is -2.49. The van der Waals surface area contributed by atoms with Crippen molar-refractivity contribution in [3.05, 3.63) is 36.0 Å². The second kappa shape index (κ2) is 23.1. The highest BCUT2D eigenvalue weighted by atomic mass is 16.7. The highest BCUT2D eigenvalue weighted by molar-refractivity contribution is 5.73. The summed E-state index contributed by atoms with van der Waals surface area (Å²) in [5.41, 5.74) is 0.830. The van der Waals surface area contributed by atoms with Crippen molar-refractivity contribution in [2.75, 3.05) is 48.5 Å². The van der Waals surface area contributed by atoms with Gasteiger partial charge < -0.3 is 58.3 Å². The maximum absolute atomic E-state index is 14.8. The molecule has 16 heteroatoms. The van der Waals surface area contributed by atoms with Crippen LogP contribution in [0.1, 0.15) is 100.0 Å². The first-order chi connectivity index (χ1) is 30.6. The first kappa shape index (κ1) is 53.3. The van der Waals surface area contributed by atoms with E-state index in [-0.39, 0.29) is 36.9 Å². The topological polar surface area (TPSA) is 180 Å². The number of aromatic nitrogens is 3. The average Bonchev–Trinajstić information content (AvgIpc) is 3.73. The highest BCUT2D eigenvalue weighted by Gasteiger charge is 2.52. The molecule has 0 spiro atoms. The van der Waals surface area contributed by atoms with E-state index in [1.54, 1.807) is 32.7 Å². The third-order valence-electron chi connectivity index (χ3n) is 14.6. The van der Waals surface area contributed by atoms with Crippen LogP contribution in [0.3, 0.4) is 0 Å². The Balaban J connectivity index is 1.55. The molecule has 0 bridgehead atoms. The molecule has 65 heavy (non-hydrogen) atoms. The van der Waals surface area contributed by atoms with Gasteiger partial charge in [-0.1, -0.05) is 63.6 Å². The molecular weight excluding hydrogens is 835 g/mol. The summed E-state index contributed by atoms with van der Waals surface area (Å²) < 4.78 is 47.2. The van der Waals surface area contributed by atoms with E-state index in [1.165, 1.54) is 5.56 Å². The van der Waals surface area contributed by atoms with Crippen LogP contribution in [-0.2, 0) is 50.9 Å². The quantitative estimate of drug-likeness (QED) is 0.230. The molecule has 3 fully saturated rings. The van der Waals surface area contributed by atoms with Crippen LogP contribution in [0, 0.1) is 23.7 Å². The Morgan fingerprint density at radius 1 is 0.892 bits per heavy atom. The SMILES string of the molecule is CCCCc1ccc(-c2cn(C[C@@H]3CN(C)C[C@@H](C)[C@@H](O)[C@H](C)C[C@@](C)(OC)[C@H](O[C@@H]4O[C@H](C)C[C@H](N(C)C)[C@H]4O)[C@@H](C)[C@H](O[C@H]4C[C@@](C)(OC)[C@@H](O)[C@H](C)O4)[C@@H](C)C(=O)O3)nn2)cc1. The Labute approximate surface area is 388 Å². The van der Waals surface area contributed by atoms with Gasteiger partial charge in [0.25, 0.3) is 0 Å². The van der Waals surface area contributed by atoms with Crippen molar-refractivity contribution in [1.29, 1.82) is 0 Å². The van der Waals surface area contributed by atoms with Gasteiger partial charge in [-0.05, 0) is 98.8 Å². The van der Waals surface area contributed by atoms with Crippen molar-refractivity contribution in [2.45, 2.75) is 186 Å². The third-order valence-corrected chi connectivity index (χ3v) is 14.6. The number of unbranched alkanes of at least 4 members (excludes halogenated alkanes) is 1. The standard InChI is InChI=1S/C49H83N5O11/c1-15-16-17-35-18-20-36(21-19-35)38-28-54(51-50-38)27-37-26-53(12)25-30(3)41(55)29(2)23-49(9,60-14)45(65-47-42(56)39(52(10)11)22-31(4)61-47)32(5)43(33(6)46(58)63-37)64-40-24-48(8,59-13)44(57)34(7)62-40/h18-21,28-34,37,39-45,47,55-57H,15-17,22-27H2,1-14H3/t29-,30-,31-,32+,33-,34+,37+,39+,40+,41+,42-,43+,44+,45-,47+,48-,49-/m1/s1. The molecule has 3 aliphatic heterocycles. The Morgan fingerprint density at radius 2 is 1.57 bits per heavy atom. The van der Waals surface area contributed by atoms with Gasteiger partial charge in [0, 0.05) is 51.3 Å². The zero-order valence-electron chi connectivity index (χ0n) is 41.8. The molecule has 3 N–H and O–H groups in total. The molecule has 0 unspecified atom stereocenters. The number of aryl methyl sites for hydroxylation is 1. The third kappa shape index (κ3) is 13.1. The first-order valence-electron chi connectivity index (χ1n) is 23.9. The second-order valence-electron chi connectivity index (χ2n) is 20.4. The van der Waals surface area contributed by atoms with Crippen molar-refractivity contribution in [3.63, 3.8) is 0 Å². The summed E-state index contributed by atoms with van der Waals surface area (Å²) in [6, 6.07) is 8.14. The van der Waals surface area contributed by atoms with Crippen molar-refractivity contribution >= 4 is 5.97 Å². The number of aliphatic hydroxyl groups is 3. The van der Waals surface area contributed by atoms with Gasteiger partial charge in [-0.25, -0.2) is 4.68 Å². The lowest BCUT2D eigenvalue weighted by atomic mass is 9.75. The van der Waals surface area contributed by atoms with E-state index in [4.69, 9.17) is 33.2 Å². The fraction of sp³-hybridized carbons (Fsp3) is 0.816. The number of ether oxygens (including phenoxy) is 7. The molecule has 1 aromatic heterocycles. The molecule has 1 aromatic carbocycles. The molecule has 3 aliphatic rings. The lowest BCUT2D eigenvalue weighted by Crippen LogP contribution is -2.61. The van der Waals surface area contributed by atoms with E-state index in [0.29, 0.717) is 31.6 Å². The molecular formula is C49H83N5O11. The Bertz CT molecular complexity index is 1770. The van der Waals surface area contributed by atoms with Crippen LogP contribution in [0.4, 0.5) is 0 Å². The van der Waals surface area contributed by atoms with Gasteiger partial charge in [0.05, 0.1) is 60.4 Å². The number of carbonyl (C=O) groups is 1. The van der Waals surface area contributed by atoms with Crippen LogP contribution in [-0.4, -0.2) is 173 Å². The molecule has 370 valence electrons. The fourth-order valence-electron chi connectivity index (χ4n) is 10.4. The Hall–Kier alpha value is -2.61. The first-order valence-corrected chi connectivity index (χ1v) is 23.9. The summed E-state index contributed by atoms with van der Waals surface area (Å²) in [6.07, 6.45) is -1.70. The normalized spacial score (nSPS) is 39.7. The summed E-state index contributed by atoms with van der Waals surface area (Å²) in [4.78, 5) is 18.9. The highest BCUT2D eigenvalue weighted by Crippen LogP contribution is 2.41. The van der Waals surface area contributed by atoms with Gasteiger partial charge in [-0.3, -0.25) is 4.79 Å². The number of hydrogen-bond donors (Lipinski definition) is 3. The fourth-order valence-corrected chi connectivity index (χ4v) is 10.4. The monoisotopic (exact) mass is 918 g/mol. The van der Waals surface area contributed by atoms with E-state index in [0.717, 1.165) is 24.8 Å². The number of esters is 1. The predicted molar refractivity (Wildman–Crippen MR) is 247 cm³/mol. The van der Waals surface area contributed by atoms with Crippen LogP contribution < -0.4 is 0 Å². The van der Waals surface area contributed by atoms with Crippen LogP contribution in [0.2, 0.25) is 0 Å². The molecule has 3 saturated heterocycles. The largest absolute Gasteiger partial charge is 0.459 e. The minimum atomic E-state index is -1.10. The number of cyclic esters (lactones) is 1. The maximum Gasteiger partial charge on any atom is 0.311 e. The Kier molecular flexibility index (Phi) is 19.0. The van der Waals surface area contributed by atoms with Crippen LogP contribution in [0.5, 0.6) is 0 Å². The van der Waals surface area contributed by atoms with Gasteiger partial charge in [-0.15, -0.1) is 5.10 Å². The number of aliphatic hydroxyl groups excluding tert-OH is 3. The average molecular weight is 918 g/mol. The summed E-state index contributed by atoms with van der Waals surface area (Å²) in [5, 5.41) is 43.9. The summed E-state index contributed by atoms with van der Waals surface area (Å²) in [5.74, 6) is -2.51. The summed E-state index contributed by atoms with van der Waals surface area (Å²) >= 11 is 0.